The standard InChI is InChI=1S/C25H34N2O6S/c1-17-15-27(34(30,31)23-12-11-19(32-5)14-20(17)23)16-22(28)21(13-18-9-7-6-8-10-18)26-24(29)33-25(2,3)4/h6-12,14,17,21-22,28H,13,15-16H2,1-5H3,(H,26,29)/t17?,21-,22+/m0/s1. The fraction of sp³-hybridized carbons (Fsp3) is 0.480. The van der Waals surface area contributed by atoms with Crippen molar-refractivity contribution in [2.75, 3.05) is 20.2 Å². The number of nitrogens with zero attached hydrogens (tertiary/aromatic N) is 1. The molecule has 0 fully saturated rings. The number of ether oxygens (including phenoxy) is 2. The third-order valence-corrected chi connectivity index (χ3v) is 7.60. The second-order valence-corrected chi connectivity index (χ2v) is 11.5. The smallest absolute Gasteiger partial charge is 0.407 e. The Kier molecular flexibility index (Phi) is 7.90. The van der Waals surface area contributed by atoms with Crippen LogP contribution in [-0.4, -0.2) is 61.9 Å². The van der Waals surface area contributed by atoms with Gasteiger partial charge in [0.25, 0.3) is 0 Å². The van der Waals surface area contributed by atoms with Crippen molar-refractivity contribution < 1.29 is 27.8 Å². The molecule has 9 heteroatoms. The molecule has 186 valence electrons. The molecule has 0 radical (unpaired) electrons. The molecule has 8 nitrogen and oxygen atoms in total. The molecule has 1 amide bonds. The van der Waals surface area contributed by atoms with Gasteiger partial charge in [0, 0.05) is 13.1 Å². The molecule has 1 aliphatic heterocycles. The Labute approximate surface area is 201 Å². The highest BCUT2D eigenvalue weighted by Crippen LogP contribution is 2.35. The van der Waals surface area contributed by atoms with E-state index < -0.39 is 33.9 Å². The summed E-state index contributed by atoms with van der Waals surface area (Å²) < 4.78 is 38.6. The Balaban J connectivity index is 1.83. The minimum atomic E-state index is -3.83. The lowest BCUT2D eigenvalue weighted by atomic mass is 9.99. The van der Waals surface area contributed by atoms with Crippen molar-refractivity contribution in [1.29, 1.82) is 0 Å². The number of hydrogen-bond donors (Lipinski definition) is 2. The van der Waals surface area contributed by atoms with E-state index in [1.165, 1.54) is 11.4 Å². The third-order valence-electron chi connectivity index (χ3n) is 5.70. The molecule has 0 saturated carbocycles. The van der Waals surface area contributed by atoms with Gasteiger partial charge in [0.1, 0.15) is 11.4 Å². The number of aliphatic hydroxyl groups is 1. The molecular weight excluding hydrogens is 456 g/mol. The molecule has 0 spiro atoms. The topological polar surface area (TPSA) is 105 Å². The molecule has 0 aromatic heterocycles. The van der Waals surface area contributed by atoms with Crippen LogP contribution in [0.2, 0.25) is 0 Å². The summed E-state index contributed by atoms with van der Waals surface area (Å²) in [6.45, 7) is 7.25. The zero-order valence-electron chi connectivity index (χ0n) is 20.3. The van der Waals surface area contributed by atoms with Gasteiger partial charge in [-0.05, 0) is 62.4 Å². The summed E-state index contributed by atoms with van der Waals surface area (Å²) in [5.41, 5.74) is 0.885. The monoisotopic (exact) mass is 490 g/mol. The van der Waals surface area contributed by atoms with Gasteiger partial charge in [0.15, 0.2) is 0 Å². The van der Waals surface area contributed by atoms with E-state index in [0.717, 1.165) is 5.56 Å². The first-order chi connectivity index (χ1) is 15.9. The van der Waals surface area contributed by atoms with E-state index in [9.17, 15) is 18.3 Å². The molecule has 2 aromatic rings. The fourth-order valence-electron chi connectivity index (χ4n) is 4.03. The van der Waals surface area contributed by atoms with E-state index >= 15 is 0 Å². The highest BCUT2D eigenvalue weighted by Gasteiger charge is 2.38. The predicted molar refractivity (Wildman–Crippen MR) is 129 cm³/mol. The molecule has 1 heterocycles. The average molecular weight is 491 g/mol. The maximum absolute atomic E-state index is 13.3. The van der Waals surface area contributed by atoms with Gasteiger partial charge in [-0.25, -0.2) is 13.2 Å². The molecule has 1 unspecified atom stereocenters. The highest BCUT2D eigenvalue weighted by atomic mass is 32.2. The lowest BCUT2D eigenvalue weighted by molar-refractivity contribution is 0.0400. The quantitative estimate of drug-likeness (QED) is 0.617. The van der Waals surface area contributed by atoms with E-state index in [1.807, 2.05) is 37.3 Å². The number of sulfonamides is 1. The molecule has 34 heavy (non-hydrogen) atoms. The number of aliphatic hydroxyl groups excluding tert-OH is 1. The summed E-state index contributed by atoms with van der Waals surface area (Å²) in [4.78, 5) is 12.7. The average Bonchev–Trinajstić information content (AvgIpc) is 2.76. The lowest BCUT2D eigenvalue weighted by Gasteiger charge is -2.35. The molecule has 0 aliphatic carbocycles. The Hall–Kier alpha value is -2.62. The second kappa shape index (κ2) is 10.3. The number of amides is 1. The molecule has 0 bridgehead atoms. The van der Waals surface area contributed by atoms with Gasteiger partial charge < -0.3 is 19.9 Å². The SMILES string of the molecule is COc1ccc2c(c1)C(C)CN(C[C@@H](O)[C@H](Cc1ccccc1)NC(=O)OC(C)(C)C)S2(=O)=O. The van der Waals surface area contributed by atoms with Crippen molar-refractivity contribution in [2.24, 2.45) is 0 Å². The van der Waals surface area contributed by atoms with Crippen LogP contribution in [0.15, 0.2) is 53.4 Å². The van der Waals surface area contributed by atoms with Crippen LogP contribution in [0.4, 0.5) is 4.79 Å². The van der Waals surface area contributed by atoms with Gasteiger partial charge >= 0.3 is 6.09 Å². The first kappa shape index (κ1) is 26.0. The Bertz CT molecular complexity index is 1100. The van der Waals surface area contributed by atoms with Crippen LogP contribution in [0, 0.1) is 0 Å². The van der Waals surface area contributed by atoms with Crippen LogP contribution in [0.3, 0.4) is 0 Å². The molecule has 3 rings (SSSR count). The van der Waals surface area contributed by atoms with Crippen LogP contribution in [0.5, 0.6) is 5.75 Å². The highest BCUT2D eigenvalue weighted by molar-refractivity contribution is 7.89. The van der Waals surface area contributed by atoms with Crippen molar-refractivity contribution in [3.63, 3.8) is 0 Å². The minimum absolute atomic E-state index is 0.0905. The number of methoxy groups -OCH3 is 1. The van der Waals surface area contributed by atoms with Gasteiger partial charge in [0.2, 0.25) is 10.0 Å². The van der Waals surface area contributed by atoms with E-state index in [-0.39, 0.29) is 23.9 Å². The van der Waals surface area contributed by atoms with Gasteiger partial charge in [-0.15, -0.1) is 0 Å². The normalized spacial score (nSPS) is 19.5. The van der Waals surface area contributed by atoms with E-state index in [2.05, 4.69) is 5.32 Å². The number of hydrogen-bond acceptors (Lipinski definition) is 6. The number of carbonyl (C=O) groups excluding carboxylic acids is 1. The molecule has 0 saturated heterocycles. The molecule has 1 aliphatic rings. The van der Waals surface area contributed by atoms with E-state index in [1.54, 1.807) is 39.0 Å². The number of alkyl carbamates (subject to hydrolysis) is 1. The first-order valence-electron chi connectivity index (χ1n) is 11.3. The molecule has 2 N–H and O–H groups in total. The summed E-state index contributed by atoms with van der Waals surface area (Å²) in [7, 11) is -2.29. The number of carbonyl (C=O) groups is 1. The van der Waals surface area contributed by atoms with Gasteiger partial charge in [-0.1, -0.05) is 37.3 Å². The lowest BCUT2D eigenvalue weighted by Crippen LogP contribution is -2.52. The summed E-state index contributed by atoms with van der Waals surface area (Å²) in [6.07, 6.45) is -1.51. The number of benzene rings is 2. The second-order valence-electron chi connectivity index (χ2n) is 9.64. The van der Waals surface area contributed by atoms with Gasteiger partial charge in [-0.2, -0.15) is 4.31 Å². The Morgan fingerprint density at radius 3 is 2.50 bits per heavy atom. The summed E-state index contributed by atoms with van der Waals surface area (Å²) in [5.74, 6) is 0.506. The van der Waals surface area contributed by atoms with Crippen LogP contribution >= 0.6 is 0 Å². The van der Waals surface area contributed by atoms with Crippen molar-refractivity contribution in [3.8, 4) is 5.75 Å². The van der Waals surface area contributed by atoms with E-state index in [4.69, 9.17) is 9.47 Å². The van der Waals surface area contributed by atoms with Crippen molar-refractivity contribution in [3.05, 3.63) is 59.7 Å². The summed E-state index contributed by atoms with van der Waals surface area (Å²) in [5, 5.41) is 13.9. The van der Waals surface area contributed by atoms with Crippen LogP contribution in [-0.2, 0) is 21.2 Å². The fourth-order valence-corrected chi connectivity index (χ4v) is 5.88. The predicted octanol–water partition coefficient (Wildman–Crippen LogP) is 3.30. The number of nitrogens with one attached hydrogen (secondary N) is 1. The number of β-amino-alcohol motifs (C(OH)–C–C–N with tert-alkyl or cyclic N) is 1. The van der Waals surface area contributed by atoms with Gasteiger partial charge in [0.05, 0.1) is 24.2 Å². The zero-order valence-corrected chi connectivity index (χ0v) is 21.1. The molecule has 3 atom stereocenters. The maximum Gasteiger partial charge on any atom is 0.407 e. The zero-order chi connectivity index (χ0) is 25.1. The number of fused-ring (bicyclic) bond motifs is 1. The number of rotatable bonds is 7. The van der Waals surface area contributed by atoms with Crippen molar-refractivity contribution in [2.45, 2.75) is 62.7 Å². The van der Waals surface area contributed by atoms with Crippen LogP contribution in [0.25, 0.3) is 0 Å². The van der Waals surface area contributed by atoms with Gasteiger partial charge in [-0.3, -0.25) is 0 Å². The van der Waals surface area contributed by atoms with Crippen molar-refractivity contribution >= 4 is 16.1 Å². The van der Waals surface area contributed by atoms with Crippen LogP contribution in [0.1, 0.15) is 44.7 Å². The molecule has 2 aromatic carbocycles. The maximum atomic E-state index is 13.3. The van der Waals surface area contributed by atoms with Crippen molar-refractivity contribution in [1.82, 2.24) is 9.62 Å². The Morgan fingerprint density at radius 2 is 1.88 bits per heavy atom. The largest absolute Gasteiger partial charge is 0.497 e. The summed E-state index contributed by atoms with van der Waals surface area (Å²) >= 11 is 0. The summed E-state index contributed by atoms with van der Waals surface area (Å²) in [6, 6.07) is 13.5. The first-order valence-corrected chi connectivity index (χ1v) is 12.7. The van der Waals surface area contributed by atoms with E-state index in [0.29, 0.717) is 17.7 Å². The Morgan fingerprint density at radius 1 is 1.21 bits per heavy atom. The molecular formula is C25H34N2O6S. The third kappa shape index (κ3) is 6.28. The van der Waals surface area contributed by atoms with Crippen LogP contribution < -0.4 is 10.1 Å². The minimum Gasteiger partial charge on any atom is -0.497 e.